The van der Waals surface area contributed by atoms with Crippen molar-refractivity contribution in [2.45, 2.75) is 37.9 Å². The molecule has 0 N–H and O–H groups in total. The summed E-state index contributed by atoms with van der Waals surface area (Å²) in [6, 6.07) is 11.2. The average molecular weight is 485 g/mol. The molecule has 0 saturated heterocycles. The van der Waals surface area contributed by atoms with Gasteiger partial charge in [-0.15, -0.1) is 0 Å². The second-order valence-corrected chi connectivity index (χ2v) is 7.73. The van der Waals surface area contributed by atoms with E-state index in [4.69, 9.17) is 28.4 Å². The van der Waals surface area contributed by atoms with E-state index >= 15 is 0 Å². The molecule has 0 aliphatic heterocycles. The van der Waals surface area contributed by atoms with E-state index in [1.165, 1.54) is 14.2 Å². The summed E-state index contributed by atoms with van der Waals surface area (Å²) in [5.74, 6) is -0.0462. The monoisotopic (exact) mass is 484 g/mol. The zero-order valence-electron chi connectivity index (χ0n) is 19.7. The lowest BCUT2D eigenvalue weighted by atomic mass is 9.95. The zero-order chi connectivity index (χ0) is 25.2. The van der Waals surface area contributed by atoms with Crippen molar-refractivity contribution in [3.05, 3.63) is 66.2 Å². The maximum absolute atomic E-state index is 12.5. The molecule has 1 saturated carbocycles. The number of ether oxygens (including phenoxy) is 6. The van der Waals surface area contributed by atoms with Crippen molar-refractivity contribution >= 4 is 17.9 Å². The van der Waals surface area contributed by atoms with Crippen LogP contribution in [0.3, 0.4) is 0 Å². The summed E-state index contributed by atoms with van der Waals surface area (Å²) in [5, 5.41) is 0. The third-order valence-electron chi connectivity index (χ3n) is 5.47. The van der Waals surface area contributed by atoms with Crippen LogP contribution in [0.4, 0.5) is 0 Å². The number of rotatable bonds is 10. The molecule has 0 atom stereocenters. The molecular formula is C26H28O9. The van der Waals surface area contributed by atoms with Gasteiger partial charge in [0.15, 0.2) is 11.5 Å². The number of carbonyl (C=O) groups excluding carboxylic acids is 3. The van der Waals surface area contributed by atoms with Crippen LogP contribution >= 0.6 is 0 Å². The van der Waals surface area contributed by atoms with Gasteiger partial charge in [-0.05, 0) is 68.1 Å². The molecule has 2 aromatic carbocycles. The Hall–Kier alpha value is -4.01. The SMILES string of the molecule is C=CC(=O)OCOc1ccc(C(=O)OC2CCC(OC(=O)c3ccc(OC)c(OC)c3)CC2)cc1. The third kappa shape index (κ3) is 7.23. The van der Waals surface area contributed by atoms with Crippen LogP contribution in [-0.4, -0.2) is 51.1 Å². The summed E-state index contributed by atoms with van der Waals surface area (Å²) >= 11 is 0. The minimum atomic E-state index is -0.587. The Morgan fingerprint density at radius 2 is 1.37 bits per heavy atom. The second-order valence-electron chi connectivity index (χ2n) is 7.73. The van der Waals surface area contributed by atoms with Gasteiger partial charge < -0.3 is 28.4 Å². The molecule has 0 unspecified atom stereocenters. The lowest BCUT2D eigenvalue weighted by molar-refractivity contribution is -0.144. The van der Waals surface area contributed by atoms with Gasteiger partial charge in [-0.1, -0.05) is 6.58 Å². The van der Waals surface area contributed by atoms with Gasteiger partial charge in [-0.25, -0.2) is 14.4 Å². The number of esters is 3. The summed E-state index contributed by atoms with van der Waals surface area (Å²) in [6.07, 6.45) is 2.89. The second kappa shape index (κ2) is 12.5. The third-order valence-corrected chi connectivity index (χ3v) is 5.47. The van der Waals surface area contributed by atoms with E-state index in [2.05, 4.69) is 6.58 Å². The first-order valence-corrected chi connectivity index (χ1v) is 11.1. The maximum Gasteiger partial charge on any atom is 0.338 e. The fourth-order valence-corrected chi connectivity index (χ4v) is 3.57. The predicted molar refractivity (Wildman–Crippen MR) is 125 cm³/mol. The molecule has 0 spiro atoms. The summed E-state index contributed by atoms with van der Waals surface area (Å²) in [6.45, 7) is 3.04. The van der Waals surface area contributed by atoms with E-state index < -0.39 is 17.9 Å². The molecule has 9 heteroatoms. The van der Waals surface area contributed by atoms with Gasteiger partial charge in [-0.3, -0.25) is 0 Å². The highest BCUT2D eigenvalue weighted by Crippen LogP contribution is 2.29. The largest absolute Gasteiger partial charge is 0.493 e. The number of benzene rings is 2. The van der Waals surface area contributed by atoms with Crippen molar-refractivity contribution in [1.29, 1.82) is 0 Å². The fourth-order valence-electron chi connectivity index (χ4n) is 3.57. The Labute approximate surface area is 203 Å². The molecule has 1 aliphatic rings. The van der Waals surface area contributed by atoms with E-state index in [0.29, 0.717) is 54.1 Å². The van der Waals surface area contributed by atoms with Crippen molar-refractivity contribution in [3.63, 3.8) is 0 Å². The van der Waals surface area contributed by atoms with Crippen molar-refractivity contribution in [1.82, 2.24) is 0 Å². The molecule has 0 aromatic heterocycles. The van der Waals surface area contributed by atoms with Crippen molar-refractivity contribution in [3.8, 4) is 17.2 Å². The summed E-state index contributed by atoms with van der Waals surface area (Å²) < 4.78 is 31.7. The molecule has 0 bridgehead atoms. The van der Waals surface area contributed by atoms with Gasteiger partial charge in [0.1, 0.15) is 18.0 Å². The topological polar surface area (TPSA) is 107 Å². The first-order chi connectivity index (χ1) is 16.9. The molecule has 0 heterocycles. The van der Waals surface area contributed by atoms with Crippen LogP contribution < -0.4 is 14.2 Å². The summed E-state index contributed by atoms with van der Waals surface area (Å²) in [4.78, 5) is 36.0. The summed E-state index contributed by atoms with van der Waals surface area (Å²) in [7, 11) is 3.03. The lowest BCUT2D eigenvalue weighted by Gasteiger charge is -2.28. The molecule has 1 aliphatic carbocycles. The Morgan fingerprint density at radius 3 is 1.91 bits per heavy atom. The van der Waals surface area contributed by atoms with Crippen molar-refractivity contribution in [2.75, 3.05) is 21.0 Å². The highest BCUT2D eigenvalue weighted by Gasteiger charge is 2.27. The van der Waals surface area contributed by atoms with Crippen LogP contribution in [0.25, 0.3) is 0 Å². The number of carbonyl (C=O) groups is 3. The van der Waals surface area contributed by atoms with Crippen LogP contribution in [0, 0.1) is 0 Å². The number of hydrogen-bond donors (Lipinski definition) is 0. The molecule has 2 aromatic rings. The lowest BCUT2D eigenvalue weighted by Crippen LogP contribution is -2.29. The van der Waals surface area contributed by atoms with Crippen molar-refractivity contribution < 1.29 is 42.8 Å². The Balaban J connectivity index is 1.43. The molecule has 0 radical (unpaired) electrons. The standard InChI is InChI=1S/C26H28O9/c1-4-24(27)33-16-32-19-8-5-17(6-9-19)25(28)34-20-10-12-21(13-11-20)35-26(29)18-7-14-22(30-2)23(15-18)31-3/h4-9,14-15,20-21H,1,10-13,16H2,2-3H3. The van der Waals surface area contributed by atoms with Crippen LogP contribution in [-0.2, 0) is 19.0 Å². The maximum atomic E-state index is 12.5. The first-order valence-electron chi connectivity index (χ1n) is 11.1. The Morgan fingerprint density at radius 1 is 0.829 bits per heavy atom. The van der Waals surface area contributed by atoms with E-state index in [1.807, 2.05) is 0 Å². The Kier molecular flexibility index (Phi) is 9.11. The van der Waals surface area contributed by atoms with Crippen LogP contribution in [0.15, 0.2) is 55.1 Å². The molecular weight excluding hydrogens is 456 g/mol. The van der Waals surface area contributed by atoms with Gasteiger partial charge in [0.05, 0.1) is 25.3 Å². The molecule has 3 rings (SSSR count). The van der Waals surface area contributed by atoms with E-state index in [1.54, 1.807) is 42.5 Å². The number of methoxy groups -OCH3 is 2. The number of hydrogen-bond acceptors (Lipinski definition) is 9. The summed E-state index contributed by atoms with van der Waals surface area (Å²) in [5.41, 5.74) is 0.755. The van der Waals surface area contributed by atoms with Gasteiger partial charge >= 0.3 is 17.9 Å². The van der Waals surface area contributed by atoms with Crippen molar-refractivity contribution in [2.24, 2.45) is 0 Å². The van der Waals surface area contributed by atoms with Gasteiger partial charge in [0.2, 0.25) is 6.79 Å². The minimum absolute atomic E-state index is 0.253. The van der Waals surface area contributed by atoms with E-state index in [-0.39, 0.29) is 19.0 Å². The predicted octanol–water partition coefficient (Wildman–Crippen LogP) is 4.09. The first kappa shape index (κ1) is 25.6. The van der Waals surface area contributed by atoms with Gasteiger partial charge in [0, 0.05) is 6.08 Å². The van der Waals surface area contributed by atoms with Crippen LogP contribution in [0.1, 0.15) is 46.4 Å². The average Bonchev–Trinajstić information content (AvgIpc) is 2.89. The molecule has 0 amide bonds. The molecule has 35 heavy (non-hydrogen) atoms. The van der Waals surface area contributed by atoms with Crippen LogP contribution in [0.2, 0.25) is 0 Å². The highest BCUT2D eigenvalue weighted by atomic mass is 16.7. The molecule has 9 nitrogen and oxygen atoms in total. The quantitative estimate of drug-likeness (QED) is 0.213. The zero-order valence-corrected chi connectivity index (χ0v) is 19.7. The Bertz CT molecular complexity index is 1040. The molecule has 1 fully saturated rings. The van der Waals surface area contributed by atoms with E-state index in [0.717, 1.165) is 6.08 Å². The fraction of sp³-hybridized carbons (Fsp3) is 0.346. The normalized spacial score (nSPS) is 17.0. The van der Waals surface area contributed by atoms with E-state index in [9.17, 15) is 14.4 Å². The van der Waals surface area contributed by atoms with Gasteiger partial charge in [-0.2, -0.15) is 0 Å². The molecule has 186 valence electrons. The van der Waals surface area contributed by atoms with Crippen LogP contribution in [0.5, 0.6) is 17.2 Å². The minimum Gasteiger partial charge on any atom is -0.493 e. The smallest absolute Gasteiger partial charge is 0.338 e. The van der Waals surface area contributed by atoms with Gasteiger partial charge in [0.25, 0.3) is 0 Å². The highest BCUT2D eigenvalue weighted by molar-refractivity contribution is 5.90.